The zero-order valence-electron chi connectivity index (χ0n) is 7.89. The monoisotopic (exact) mass is 204 g/mol. The average molecular weight is 204 g/mol. The maximum atomic E-state index is 13.1. The summed E-state index contributed by atoms with van der Waals surface area (Å²) >= 11 is 0. The molecule has 1 N–H and O–H groups in total. The fraction of sp³-hybridized carbons (Fsp3) is 0.400. The lowest BCUT2D eigenvalue weighted by Crippen LogP contribution is -2.08. The number of aliphatic hydroxyl groups excluding tert-OH is 1. The Hall–Kier alpha value is -1.03. The van der Waals surface area contributed by atoms with E-state index in [1.165, 1.54) is 13.0 Å². The molecule has 14 heavy (non-hydrogen) atoms. The van der Waals surface area contributed by atoms with Gasteiger partial charge in [0.15, 0.2) is 0 Å². The third-order valence-electron chi connectivity index (χ3n) is 1.96. The number of hydrogen-bond donors (Lipinski definition) is 1. The molecule has 78 valence electrons. The van der Waals surface area contributed by atoms with Gasteiger partial charge in [0.1, 0.15) is 5.82 Å². The summed E-state index contributed by atoms with van der Waals surface area (Å²) in [5.74, 6) is -3.86. The highest BCUT2D eigenvalue weighted by Crippen LogP contribution is 2.29. The van der Waals surface area contributed by atoms with Gasteiger partial charge in [0.2, 0.25) is 0 Å². The summed E-state index contributed by atoms with van der Waals surface area (Å²) < 4.78 is 38.6. The van der Waals surface area contributed by atoms with Crippen molar-refractivity contribution in [2.24, 2.45) is 0 Å². The van der Waals surface area contributed by atoms with Crippen LogP contribution in [0.1, 0.15) is 31.1 Å². The van der Waals surface area contributed by atoms with Gasteiger partial charge in [-0.05, 0) is 13.0 Å². The molecular formula is C10H11F3O. The number of hydrogen-bond acceptors (Lipinski definition) is 1. The summed E-state index contributed by atoms with van der Waals surface area (Å²) in [7, 11) is 0. The Morgan fingerprint density at radius 1 is 1.36 bits per heavy atom. The van der Waals surface area contributed by atoms with E-state index in [1.54, 1.807) is 0 Å². The van der Waals surface area contributed by atoms with Crippen LogP contribution in [-0.4, -0.2) is 5.11 Å². The van der Waals surface area contributed by atoms with E-state index in [0.29, 0.717) is 6.92 Å². The summed E-state index contributed by atoms with van der Waals surface area (Å²) in [6, 6.07) is 3.04. The quantitative estimate of drug-likeness (QED) is 0.785. The van der Waals surface area contributed by atoms with Crippen LogP contribution in [0.25, 0.3) is 0 Å². The molecule has 0 spiro atoms. The zero-order valence-corrected chi connectivity index (χ0v) is 7.89. The van der Waals surface area contributed by atoms with Gasteiger partial charge in [-0.1, -0.05) is 12.1 Å². The van der Waals surface area contributed by atoms with Crippen LogP contribution < -0.4 is 0 Å². The molecule has 0 saturated heterocycles. The molecule has 1 rings (SSSR count). The first-order chi connectivity index (χ1) is 6.32. The van der Waals surface area contributed by atoms with Crippen molar-refractivity contribution in [2.45, 2.75) is 25.9 Å². The van der Waals surface area contributed by atoms with Gasteiger partial charge in [0, 0.05) is 18.1 Å². The largest absolute Gasteiger partial charge is 0.389 e. The molecule has 0 bridgehead atoms. The van der Waals surface area contributed by atoms with Crippen molar-refractivity contribution < 1.29 is 18.3 Å². The zero-order chi connectivity index (χ0) is 10.9. The van der Waals surface area contributed by atoms with Crippen LogP contribution in [0, 0.1) is 5.82 Å². The summed E-state index contributed by atoms with van der Waals surface area (Å²) in [5, 5.41) is 9.07. The maximum Gasteiger partial charge on any atom is 0.270 e. The molecule has 0 heterocycles. The van der Waals surface area contributed by atoms with Crippen molar-refractivity contribution in [1.29, 1.82) is 0 Å². The van der Waals surface area contributed by atoms with E-state index in [-0.39, 0.29) is 11.1 Å². The molecular weight excluding hydrogens is 193 g/mol. The van der Waals surface area contributed by atoms with E-state index in [1.807, 2.05) is 0 Å². The van der Waals surface area contributed by atoms with Crippen LogP contribution >= 0.6 is 0 Å². The lowest BCUT2D eigenvalue weighted by atomic mass is 10.0. The molecule has 0 amide bonds. The molecule has 0 radical (unpaired) electrons. The molecule has 1 atom stereocenters. The number of benzene rings is 1. The standard InChI is InChI=1S/C10H11F3O/c1-6(14)8-4-3-7(5-9(8)11)10(2,12)13/h3-6,14H,1-2H3. The van der Waals surface area contributed by atoms with Crippen molar-refractivity contribution in [1.82, 2.24) is 0 Å². The molecule has 0 aromatic heterocycles. The maximum absolute atomic E-state index is 13.1. The van der Waals surface area contributed by atoms with Crippen molar-refractivity contribution in [2.75, 3.05) is 0 Å². The Morgan fingerprint density at radius 3 is 2.29 bits per heavy atom. The predicted molar refractivity (Wildman–Crippen MR) is 46.6 cm³/mol. The second kappa shape index (κ2) is 3.61. The van der Waals surface area contributed by atoms with Gasteiger partial charge in [-0.25, -0.2) is 13.2 Å². The summed E-state index contributed by atoms with van der Waals surface area (Å²) in [5.41, 5.74) is -0.364. The second-order valence-electron chi connectivity index (χ2n) is 3.30. The van der Waals surface area contributed by atoms with Crippen LogP contribution in [0.4, 0.5) is 13.2 Å². The number of alkyl halides is 2. The molecule has 1 unspecified atom stereocenters. The molecule has 1 nitrogen and oxygen atoms in total. The van der Waals surface area contributed by atoms with Crippen molar-refractivity contribution >= 4 is 0 Å². The Morgan fingerprint density at radius 2 is 1.93 bits per heavy atom. The molecule has 0 aliphatic rings. The summed E-state index contributed by atoms with van der Waals surface area (Å²) in [6.45, 7) is 2.08. The minimum atomic E-state index is -3.06. The van der Waals surface area contributed by atoms with Crippen molar-refractivity contribution in [3.63, 3.8) is 0 Å². The van der Waals surface area contributed by atoms with Gasteiger partial charge >= 0.3 is 0 Å². The van der Waals surface area contributed by atoms with Gasteiger partial charge in [-0.15, -0.1) is 0 Å². The Bertz CT molecular complexity index is 329. The first-order valence-electron chi connectivity index (χ1n) is 4.18. The normalized spacial score (nSPS) is 14.1. The van der Waals surface area contributed by atoms with Gasteiger partial charge in [0.05, 0.1) is 6.10 Å². The van der Waals surface area contributed by atoms with Crippen molar-refractivity contribution in [3.05, 3.63) is 35.1 Å². The first kappa shape index (κ1) is 11.0. The van der Waals surface area contributed by atoms with Crippen LogP contribution in [0.3, 0.4) is 0 Å². The molecule has 0 aliphatic carbocycles. The third kappa shape index (κ3) is 2.26. The van der Waals surface area contributed by atoms with Crippen LogP contribution in [0.5, 0.6) is 0 Å². The molecule has 0 fully saturated rings. The minimum Gasteiger partial charge on any atom is -0.389 e. The van der Waals surface area contributed by atoms with Gasteiger partial charge in [-0.3, -0.25) is 0 Å². The average Bonchev–Trinajstić information content (AvgIpc) is 2.01. The van der Waals surface area contributed by atoms with E-state index in [0.717, 1.165) is 12.1 Å². The minimum absolute atomic E-state index is 0.0259. The topological polar surface area (TPSA) is 20.2 Å². The van der Waals surface area contributed by atoms with Gasteiger partial charge in [0.25, 0.3) is 5.92 Å². The SMILES string of the molecule is CC(O)c1ccc(C(C)(F)F)cc1F. The van der Waals surface area contributed by atoms with E-state index in [4.69, 9.17) is 5.11 Å². The van der Waals surface area contributed by atoms with Gasteiger partial charge in [-0.2, -0.15) is 0 Å². The van der Waals surface area contributed by atoms with E-state index in [2.05, 4.69) is 0 Å². The first-order valence-corrected chi connectivity index (χ1v) is 4.18. The lowest BCUT2D eigenvalue weighted by Gasteiger charge is -2.13. The fourth-order valence-corrected chi connectivity index (χ4v) is 1.14. The lowest BCUT2D eigenvalue weighted by molar-refractivity contribution is 0.0170. The van der Waals surface area contributed by atoms with Crippen molar-refractivity contribution in [3.8, 4) is 0 Å². The summed E-state index contributed by atoms with van der Waals surface area (Å²) in [4.78, 5) is 0. The van der Waals surface area contributed by atoms with E-state index >= 15 is 0 Å². The molecule has 0 saturated carbocycles. The summed E-state index contributed by atoms with van der Waals surface area (Å²) in [6.07, 6.45) is -0.991. The van der Waals surface area contributed by atoms with Crippen LogP contribution in [-0.2, 0) is 5.92 Å². The van der Waals surface area contributed by atoms with Crippen LogP contribution in [0.15, 0.2) is 18.2 Å². The van der Waals surface area contributed by atoms with Gasteiger partial charge < -0.3 is 5.11 Å². The predicted octanol–water partition coefficient (Wildman–Crippen LogP) is 2.99. The number of aliphatic hydroxyl groups is 1. The number of halogens is 3. The fourth-order valence-electron chi connectivity index (χ4n) is 1.14. The Balaban J connectivity index is 3.13. The molecule has 1 aromatic rings. The molecule has 4 heteroatoms. The van der Waals surface area contributed by atoms with Crippen LogP contribution in [0.2, 0.25) is 0 Å². The highest BCUT2D eigenvalue weighted by Gasteiger charge is 2.25. The molecule has 0 aliphatic heterocycles. The third-order valence-corrected chi connectivity index (χ3v) is 1.96. The highest BCUT2D eigenvalue weighted by atomic mass is 19.3. The number of rotatable bonds is 2. The van der Waals surface area contributed by atoms with E-state index in [9.17, 15) is 13.2 Å². The highest BCUT2D eigenvalue weighted by molar-refractivity contribution is 5.28. The second-order valence-corrected chi connectivity index (χ2v) is 3.30. The Labute approximate surface area is 80.2 Å². The van der Waals surface area contributed by atoms with E-state index < -0.39 is 17.8 Å². The smallest absolute Gasteiger partial charge is 0.270 e. The molecule has 1 aromatic carbocycles. The Kier molecular flexibility index (Phi) is 2.85.